The Bertz CT molecular complexity index is 1010. The maximum Gasteiger partial charge on any atom is 0.278 e. The molecule has 2 aromatic rings. The highest BCUT2D eigenvalue weighted by atomic mass is 16.6. The van der Waals surface area contributed by atoms with Gasteiger partial charge in [0.15, 0.2) is 0 Å². The fraction of sp³-hybridized carbons (Fsp3) is 0.286. The van der Waals surface area contributed by atoms with Gasteiger partial charge in [0.2, 0.25) is 0 Å². The highest BCUT2D eigenvalue weighted by Gasteiger charge is 2.42. The van der Waals surface area contributed by atoms with Gasteiger partial charge in [-0.25, -0.2) is 0 Å². The Morgan fingerprint density at radius 2 is 1.60 bits per heavy atom. The van der Waals surface area contributed by atoms with E-state index in [4.69, 9.17) is 0 Å². The lowest BCUT2D eigenvalue weighted by Crippen LogP contribution is -2.46. The first-order valence-corrected chi connectivity index (χ1v) is 9.63. The highest BCUT2D eigenvalue weighted by molar-refractivity contribution is 6.35. The average molecular weight is 407 g/mol. The summed E-state index contributed by atoms with van der Waals surface area (Å²) in [6.07, 6.45) is 3.23. The Hall–Kier alpha value is -3.59. The number of hydrogen-bond donors (Lipinski definition) is 0. The summed E-state index contributed by atoms with van der Waals surface area (Å²) in [5.41, 5.74) is 1.91. The fourth-order valence-corrected chi connectivity index (χ4v) is 3.71. The van der Waals surface area contributed by atoms with Crippen LogP contribution in [0.4, 0.5) is 5.69 Å². The van der Waals surface area contributed by atoms with Crippen molar-refractivity contribution >= 4 is 23.1 Å². The lowest BCUT2D eigenvalue weighted by molar-refractivity contribution is -0.384. The third kappa shape index (κ3) is 3.67. The second-order valence-corrected chi connectivity index (χ2v) is 7.37. The molecule has 30 heavy (non-hydrogen) atoms. The lowest BCUT2D eigenvalue weighted by Gasteiger charge is -2.34. The summed E-state index contributed by atoms with van der Waals surface area (Å²) in [6, 6.07) is 9.30. The van der Waals surface area contributed by atoms with Crippen LogP contribution >= 0.6 is 0 Å². The van der Waals surface area contributed by atoms with Crippen molar-refractivity contribution in [2.24, 2.45) is 0 Å². The molecule has 9 nitrogen and oxygen atoms in total. The monoisotopic (exact) mass is 407 g/mol. The van der Waals surface area contributed by atoms with Crippen molar-refractivity contribution in [2.75, 3.05) is 33.2 Å². The number of likely N-dealkylation sites (N-methyl/N-ethyl adjacent to an activating group) is 1. The number of carbonyl (C=O) groups is 2. The second-order valence-electron chi connectivity index (χ2n) is 7.37. The molecule has 3 heterocycles. The van der Waals surface area contributed by atoms with Crippen LogP contribution in [0.15, 0.2) is 54.5 Å². The molecule has 0 aliphatic carbocycles. The van der Waals surface area contributed by atoms with Gasteiger partial charge in [0.1, 0.15) is 5.70 Å². The van der Waals surface area contributed by atoms with Crippen molar-refractivity contribution in [3.8, 4) is 0 Å². The Morgan fingerprint density at radius 3 is 2.20 bits per heavy atom. The Balaban J connectivity index is 1.73. The molecular weight excluding hydrogens is 386 g/mol. The normalized spacial score (nSPS) is 17.8. The van der Waals surface area contributed by atoms with Gasteiger partial charge < -0.3 is 9.80 Å². The van der Waals surface area contributed by atoms with E-state index in [1.165, 1.54) is 29.2 Å². The molecule has 2 aliphatic rings. The Kier molecular flexibility index (Phi) is 5.28. The van der Waals surface area contributed by atoms with Crippen LogP contribution in [-0.4, -0.2) is 69.6 Å². The van der Waals surface area contributed by atoms with E-state index in [1.807, 2.05) is 11.9 Å². The molecular formula is C21H21N5O4. The standard InChI is InChI=1S/C21H21N5O4/c1-23-10-12-24(13-11-23)19-18(16-2-4-17(5-3-16)26(29)30)20(27)25(21(19)28)14-15-6-8-22-9-7-15/h2-9H,10-14H2,1H3. The zero-order chi connectivity index (χ0) is 21.3. The van der Waals surface area contributed by atoms with E-state index in [-0.39, 0.29) is 24.0 Å². The van der Waals surface area contributed by atoms with Crippen molar-refractivity contribution < 1.29 is 14.5 Å². The van der Waals surface area contributed by atoms with Crippen LogP contribution in [0, 0.1) is 10.1 Å². The summed E-state index contributed by atoms with van der Waals surface area (Å²) in [6.45, 7) is 2.97. The van der Waals surface area contributed by atoms with E-state index in [0.29, 0.717) is 29.9 Å². The first kappa shape index (κ1) is 19.7. The largest absolute Gasteiger partial charge is 0.364 e. The van der Waals surface area contributed by atoms with Crippen LogP contribution in [0.5, 0.6) is 0 Å². The molecule has 1 aromatic carbocycles. The number of nitro groups is 1. The minimum absolute atomic E-state index is 0.0640. The van der Waals surface area contributed by atoms with Gasteiger partial charge in [-0.15, -0.1) is 0 Å². The Morgan fingerprint density at radius 1 is 0.967 bits per heavy atom. The van der Waals surface area contributed by atoms with Gasteiger partial charge in [-0.05, 0) is 42.4 Å². The van der Waals surface area contributed by atoms with Crippen LogP contribution in [0.25, 0.3) is 5.57 Å². The molecule has 0 spiro atoms. The predicted octanol–water partition coefficient (Wildman–Crippen LogP) is 1.52. The number of piperazine rings is 1. The van der Waals surface area contributed by atoms with Crippen LogP contribution in [0.2, 0.25) is 0 Å². The number of nitrogens with zero attached hydrogens (tertiary/aromatic N) is 5. The summed E-state index contributed by atoms with van der Waals surface area (Å²) < 4.78 is 0. The number of carbonyl (C=O) groups excluding carboxylic acids is 2. The Labute approximate surface area is 173 Å². The number of pyridine rings is 1. The molecule has 2 amide bonds. The fourth-order valence-electron chi connectivity index (χ4n) is 3.71. The van der Waals surface area contributed by atoms with E-state index in [2.05, 4.69) is 9.88 Å². The first-order valence-electron chi connectivity index (χ1n) is 9.63. The van der Waals surface area contributed by atoms with Crippen molar-refractivity contribution in [3.05, 3.63) is 75.7 Å². The van der Waals surface area contributed by atoms with E-state index in [1.54, 1.807) is 24.5 Å². The van der Waals surface area contributed by atoms with Crippen molar-refractivity contribution in [1.82, 2.24) is 19.7 Å². The number of rotatable bonds is 5. The number of imide groups is 1. The number of nitro benzene ring substituents is 1. The molecule has 0 radical (unpaired) electrons. The SMILES string of the molecule is CN1CCN(C2=C(c3ccc([N+](=O)[O-])cc3)C(=O)N(Cc3ccncc3)C2=O)CC1. The van der Waals surface area contributed by atoms with Crippen LogP contribution in [0.3, 0.4) is 0 Å². The summed E-state index contributed by atoms with van der Waals surface area (Å²) in [7, 11) is 2.01. The topological polar surface area (TPSA) is 99.9 Å². The van der Waals surface area contributed by atoms with E-state index in [0.717, 1.165) is 18.7 Å². The maximum absolute atomic E-state index is 13.3. The molecule has 2 aliphatic heterocycles. The van der Waals surface area contributed by atoms with Crippen molar-refractivity contribution in [1.29, 1.82) is 0 Å². The average Bonchev–Trinajstić information content (AvgIpc) is 3.00. The molecule has 0 unspecified atom stereocenters. The van der Waals surface area contributed by atoms with Gasteiger partial charge in [0, 0.05) is 50.7 Å². The minimum atomic E-state index is -0.489. The van der Waals surface area contributed by atoms with Gasteiger partial charge in [0.05, 0.1) is 17.0 Å². The molecule has 0 bridgehead atoms. The predicted molar refractivity (Wildman–Crippen MR) is 109 cm³/mol. The highest BCUT2D eigenvalue weighted by Crippen LogP contribution is 2.33. The van der Waals surface area contributed by atoms with Crippen LogP contribution in [-0.2, 0) is 16.1 Å². The van der Waals surface area contributed by atoms with Gasteiger partial charge in [-0.2, -0.15) is 0 Å². The van der Waals surface area contributed by atoms with Crippen molar-refractivity contribution in [2.45, 2.75) is 6.54 Å². The molecule has 1 saturated heterocycles. The summed E-state index contributed by atoms with van der Waals surface area (Å²) in [5, 5.41) is 11.0. The molecule has 4 rings (SSSR count). The second kappa shape index (κ2) is 8.03. The van der Waals surface area contributed by atoms with Gasteiger partial charge >= 0.3 is 0 Å². The zero-order valence-corrected chi connectivity index (χ0v) is 16.5. The molecule has 0 saturated carbocycles. The molecule has 0 atom stereocenters. The molecule has 9 heteroatoms. The molecule has 1 fully saturated rings. The first-order chi connectivity index (χ1) is 14.5. The lowest BCUT2D eigenvalue weighted by atomic mass is 10.0. The number of aromatic nitrogens is 1. The zero-order valence-electron chi connectivity index (χ0n) is 16.5. The molecule has 0 N–H and O–H groups in total. The van der Waals surface area contributed by atoms with E-state index in [9.17, 15) is 19.7 Å². The number of hydrogen-bond acceptors (Lipinski definition) is 7. The quantitative estimate of drug-likeness (QED) is 0.421. The van der Waals surface area contributed by atoms with Gasteiger partial charge in [0.25, 0.3) is 17.5 Å². The number of benzene rings is 1. The van der Waals surface area contributed by atoms with Crippen LogP contribution < -0.4 is 0 Å². The van der Waals surface area contributed by atoms with Crippen LogP contribution in [0.1, 0.15) is 11.1 Å². The smallest absolute Gasteiger partial charge is 0.278 e. The van der Waals surface area contributed by atoms with Gasteiger partial charge in [-0.1, -0.05) is 0 Å². The van der Waals surface area contributed by atoms with E-state index >= 15 is 0 Å². The van der Waals surface area contributed by atoms with E-state index < -0.39 is 4.92 Å². The summed E-state index contributed by atoms with van der Waals surface area (Å²) >= 11 is 0. The van der Waals surface area contributed by atoms with Gasteiger partial charge in [-0.3, -0.25) is 29.6 Å². The third-order valence-corrected chi connectivity index (χ3v) is 5.42. The minimum Gasteiger partial charge on any atom is -0.364 e. The number of amides is 2. The van der Waals surface area contributed by atoms with Crippen molar-refractivity contribution in [3.63, 3.8) is 0 Å². The summed E-state index contributed by atoms with van der Waals surface area (Å²) in [4.78, 5) is 46.5. The molecule has 154 valence electrons. The third-order valence-electron chi connectivity index (χ3n) is 5.42. The maximum atomic E-state index is 13.3. The number of non-ortho nitro benzene ring substituents is 1. The summed E-state index contributed by atoms with van der Waals surface area (Å²) in [5.74, 6) is -0.727. The molecule has 1 aromatic heterocycles.